The van der Waals surface area contributed by atoms with Gasteiger partial charge in [0.2, 0.25) is 0 Å². The maximum Gasteiger partial charge on any atom is 0.325 e. The molecule has 2 heterocycles. The minimum absolute atomic E-state index is 0.0106. The zero-order chi connectivity index (χ0) is 14.0. The van der Waals surface area contributed by atoms with E-state index in [-0.39, 0.29) is 11.9 Å². The maximum atomic E-state index is 12.4. The molecule has 0 unspecified atom stereocenters. The summed E-state index contributed by atoms with van der Waals surface area (Å²) in [6.45, 7) is 9.77. The van der Waals surface area contributed by atoms with Gasteiger partial charge in [-0.1, -0.05) is 20.8 Å². The third-order valence-electron chi connectivity index (χ3n) is 4.03. The monoisotopic (exact) mass is 267 g/mol. The smallest absolute Gasteiger partial charge is 0.323 e. The van der Waals surface area contributed by atoms with Gasteiger partial charge in [-0.15, -0.1) is 0 Å². The fraction of sp³-hybridized carbons (Fsp3) is 0.857. The highest BCUT2D eigenvalue weighted by Crippen LogP contribution is 2.29. The number of carbonyl (C=O) groups excluding carboxylic acids is 2. The Hall–Kier alpha value is -1.10. The number of carbonyl (C=O) groups is 2. The molecule has 2 aliphatic heterocycles. The quantitative estimate of drug-likeness (QED) is 0.784. The molecule has 5 heteroatoms. The lowest BCUT2D eigenvalue weighted by Gasteiger charge is -2.37. The molecule has 2 rings (SSSR count). The molecule has 108 valence electrons. The third kappa shape index (κ3) is 2.76. The number of hydrogen-bond donors (Lipinski definition) is 1. The second-order valence-corrected chi connectivity index (χ2v) is 6.16. The number of imide groups is 1. The van der Waals surface area contributed by atoms with Crippen LogP contribution in [-0.4, -0.2) is 53.5 Å². The third-order valence-corrected chi connectivity index (χ3v) is 4.03. The Morgan fingerprint density at radius 1 is 1.26 bits per heavy atom. The fourth-order valence-corrected chi connectivity index (χ4v) is 3.08. The van der Waals surface area contributed by atoms with Crippen LogP contribution < -0.4 is 5.32 Å². The second kappa shape index (κ2) is 5.49. The Balaban J connectivity index is 1.99. The highest BCUT2D eigenvalue weighted by atomic mass is 16.2. The molecular weight excluding hydrogens is 242 g/mol. The number of piperidine rings is 1. The van der Waals surface area contributed by atoms with Gasteiger partial charge in [0.25, 0.3) is 5.91 Å². The van der Waals surface area contributed by atoms with Crippen LogP contribution in [0, 0.1) is 5.92 Å². The molecule has 0 radical (unpaired) electrons. The highest BCUT2D eigenvalue weighted by molar-refractivity contribution is 6.07. The van der Waals surface area contributed by atoms with Crippen molar-refractivity contribution in [2.24, 2.45) is 5.92 Å². The first-order valence-corrected chi connectivity index (χ1v) is 7.35. The summed E-state index contributed by atoms with van der Waals surface area (Å²) < 4.78 is 0. The van der Waals surface area contributed by atoms with E-state index in [0.717, 1.165) is 38.9 Å². The van der Waals surface area contributed by atoms with E-state index in [9.17, 15) is 9.59 Å². The molecule has 19 heavy (non-hydrogen) atoms. The second-order valence-electron chi connectivity index (χ2n) is 6.16. The Morgan fingerprint density at radius 3 is 2.42 bits per heavy atom. The van der Waals surface area contributed by atoms with Crippen molar-refractivity contribution >= 4 is 11.9 Å². The first kappa shape index (κ1) is 14.3. The van der Waals surface area contributed by atoms with Gasteiger partial charge in [0, 0.05) is 26.2 Å². The number of nitrogens with zero attached hydrogens (tertiary/aromatic N) is 2. The lowest BCUT2D eigenvalue weighted by Crippen LogP contribution is -2.55. The predicted octanol–water partition coefficient (Wildman–Crippen LogP) is 1.44. The first-order chi connectivity index (χ1) is 8.98. The van der Waals surface area contributed by atoms with Crippen LogP contribution in [0.5, 0.6) is 0 Å². The van der Waals surface area contributed by atoms with Crippen LogP contribution in [0.1, 0.15) is 40.0 Å². The van der Waals surface area contributed by atoms with Gasteiger partial charge in [-0.3, -0.25) is 9.69 Å². The van der Waals surface area contributed by atoms with E-state index in [4.69, 9.17) is 0 Å². The Bertz CT molecular complexity index is 360. The SMILES string of the molecule is CCCN1C(=O)NC2(CCN(CC(C)C)CC2)C1=O. The van der Waals surface area contributed by atoms with Gasteiger partial charge in [-0.05, 0) is 25.2 Å². The van der Waals surface area contributed by atoms with E-state index in [1.807, 2.05) is 6.92 Å². The largest absolute Gasteiger partial charge is 0.325 e. The summed E-state index contributed by atoms with van der Waals surface area (Å²) in [6.07, 6.45) is 2.30. The zero-order valence-corrected chi connectivity index (χ0v) is 12.2. The maximum absolute atomic E-state index is 12.4. The molecular formula is C14H25N3O2. The summed E-state index contributed by atoms with van der Waals surface area (Å²) in [4.78, 5) is 28.1. The van der Waals surface area contributed by atoms with Gasteiger partial charge in [-0.2, -0.15) is 0 Å². The van der Waals surface area contributed by atoms with E-state index in [0.29, 0.717) is 12.5 Å². The van der Waals surface area contributed by atoms with Crippen molar-refractivity contribution in [3.05, 3.63) is 0 Å². The summed E-state index contributed by atoms with van der Waals surface area (Å²) in [5, 5.41) is 2.94. The molecule has 1 N–H and O–H groups in total. The Kier molecular flexibility index (Phi) is 4.13. The number of rotatable bonds is 4. The molecule has 2 fully saturated rings. The van der Waals surface area contributed by atoms with Crippen LogP contribution in [0.4, 0.5) is 4.79 Å². The van der Waals surface area contributed by atoms with Gasteiger partial charge in [0.1, 0.15) is 5.54 Å². The lowest BCUT2D eigenvalue weighted by molar-refractivity contribution is -0.133. The number of likely N-dealkylation sites (tertiary alicyclic amines) is 1. The minimum atomic E-state index is -0.611. The topological polar surface area (TPSA) is 52.7 Å². The van der Waals surface area contributed by atoms with E-state index >= 15 is 0 Å². The van der Waals surface area contributed by atoms with Crippen molar-refractivity contribution in [2.45, 2.75) is 45.6 Å². The summed E-state index contributed by atoms with van der Waals surface area (Å²) in [5.41, 5.74) is -0.611. The average molecular weight is 267 g/mol. The van der Waals surface area contributed by atoms with Crippen LogP contribution in [-0.2, 0) is 4.79 Å². The van der Waals surface area contributed by atoms with Crippen molar-refractivity contribution in [1.29, 1.82) is 0 Å². The van der Waals surface area contributed by atoms with Crippen LogP contribution in [0.2, 0.25) is 0 Å². The standard InChI is InChI=1S/C14H25N3O2/c1-4-7-17-12(18)14(15-13(17)19)5-8-16(9-6-14)10-11(2)3/h11H,4-10H2,1-3H3,(H,15,19). The molecule has 3 amide bonds. The minimum Gasteiger partial charge on any atom is -0.323 e. The number of hydrogen-bond acceptors (Lipinski definition) is 3. The molecule has 0 saturated carbocycles. The van der Waals surface area contributed by atoms with Crippen LogP contribution in [0.25, 0.3) is 0 Å². The molecule has 0 aromatic rings. The van der Waals surface area contributed by atoms with E-state index < -0.39 is 5.54 Å². The summed E-state index contributed by atoms with van der Waals surface area (Å²) in [6, 6.07) is -0.204. The number of amides is 3. The molecule has 0 atom stereocenters. The van der Waals surface area contributed by atoms with Crippen molar-refractivity contribution in [3.8, 4) is 0 Å². The van der Waals surface area contributed by atoms with Crippen molar-refractivity contribution < 1.29 is 9.59 Å². The molecule has 5 nitrogen and oxygen atoms in total. The molecule has 0 aromatic carbocycles. The van der Waals surface area contributed by atoms with Gasteiger partial charge < -0.3 is 10.2 Å². The van der Waals surface area contributed by atoms with Gasteiger partial charge in [0.15, 0.2) is 0 Å². The normalized spacial score (nSPS) is 23.5. The van der Waals surface area contributed by atoms with Crippen molar-refractivity contribution in [1.82, 2.24) is 15.1 Å². The van der Waals surface area contributed by atoms with Crippen molar-refractivity contribution in [2.75, 3.05) is 26.2 Å². The summed E-state index contributed by atoms with van der Waals surface area (Å²) in [7, 11) is 0. The predicted molar refractivity (Wildman–Crippen MR) is 73.8 cm³/mol. The fourth-order valence-electron chi connectivity index (χ4n) is 3.08. The van der Waals surface area contributed by atoms with Gasteiger partial charge in [0.05, 0.1) is 0 Å². The molecule has 2 aliphatic rings. The molecule has 0 bridgehead atoms. The zero-order valence-electron chi connectivity index (χ0n) is 12.2. The van der Waals surface area contributed by atoms with Gasteiger partial charge >= 0.3 is 6.03 Å². The lowest BCUT2D eigenvalue weighted by atomic mass is 9.87. The summed E-state index contributed by atoms with van der Waals surface area (Å²) >= 11 is 0. The van der Waals surface area contributed by atoms with E-state index in [1.165, 1.54) is 4.90 Å². The Labute approximate surface area is 115 Å². The molecule has 0 aliphatic carbocycles. The highest BCUT2D eigenvalue weighted by Gasteiger charge is 2.51. The van der Waals surface area contributed by atoms with E-state index in [2.05, 4.69) is 24.1 Å². The first-order valence-electron chi connectivity index (χ1n) is 7.35. The average Bonchev–Trinajstić information content (AvgIpc) is 2.57. The molecule has 2 saturated heterocycles. The molecule has 0 aromatic heterocycles. The van der Waals surface area contributed by atoms with Crippen LogP contribution in [0.3, 0.4) is 0 Å². The van der Waals surface area contributed by atoms with Crippen LogP contribution in [0.15, 0.2) is 0 Å². The van der Waals surface area contributed by atoms with Gasteiger partial charge in [-0.25, -0.2) is 4.79 Å². The van der Waals surface area contributed by atoms with E-state index in [1.54, 1.807) is 0 Å². The number of nitrogens with one attached hydrogen (secondary N) is 1. The van der Waals surface area contributed by atoms with Crippen LogP contribution >= 0.6 is 0 Å². The van der Waals surface area contributed by atoms with Crippen molar-refractivity contribution in [3.63, 3.8) is 0 Å². The summed E-state index contributed by atoms with van der Waals surface area (Å²) in [5.74, 6) is 0.628. The molecule has 1 spiro atoms. The Morgan fingerprint density at radius 2 is 1.89 bits per heavy atom. The number of urea groups is 1.